The molecule has 90 valence electrons. The van der Waals surface area contributed by atoms with Crippen molar-refractivity contribution in [1.29, 1.82) is 0 Å². The number of benzene rings is 1. The molecule has 0 saturated heterocycles. The van der Waals surface area contributed by atoms with E-state index in [2.05, 4.69) is 4.98 Å². The van der Waals surface area contributed by atoms with Gasteiger partial charge < -0.3 is 10.5 Å². The van der Waals surface area contributed by atoms with E-state index in [1.807, 2.05) is 37.4 Å². The Morgan fingerprint density at radius 2 is 2.24 bits per heavy atom. The first-order chi connectivity index (χ1) is 8.15. The fraction of sp³-hybridized carbons (Fsp3) is 0.250. The average Bonchev–Trinajstić information content (AvgIpc) is 2.75. The van der Waals surface area contributed by atoms with E-state index in [0.29, 0.717) is 5.69 Å². The summed E-state index contributed by atoms with van der Waals surface area (Å²) in [6.45, 7) is 3.97. The van der Waals surface area contributed by atoms with E-state index in [9.17, 15) is 0 Å². The Labute approximate surface area is 109 Å². The average molecular weight is 266 g/mol. The molecular weight excluding hydrogens is 252 g/mol. The topological polar surface area (TPSA) is 48.1 Å². The van der Waals surface area contributed by atoms with Crippen LogP contribution in [0.5, 0.6) is 5.75 Å². The maximum atomic E-state index is 5.86. The molecule has 0 atom stereocenters. The van der Waals surface area contributed by atoms with Crippen molar-refractivity contribution in [2.24, 2.45) is 0 Å². The predicted molar refractivity (Wildman–Crippen MR) is 72.9 cm³/mol. The van der Waals surface area contributed by atoms with Crippen molar-refractivity contribution >= 4 is 28.8 Å². The predicted octanol–water partition coefficient (Wildman–Crippen LogP) is 3.66. The fourth-order valence-corrected chi connectivity index (χ4v) is 2.92. The quantitative estimate of drug-likeness (QED) is 0.858. The lowest BCUT2D eigenvalue weighted by Crippen LogP contribution is -2.07. The Balaban J connectivity index is 2.18. The maximum absolute atomic E-state index is 5.86. The van der Waals surface area contributed by atoms with Crippen molar-refractivity contribution in [3.63, 3.8) is 0 Å². The zero-order chi connectivity index (χ0) is 12.3. The van der Waals surface area contributed by atoms with Crippen LogP contribution in [-0.2, 0) is 0 Å². The minimum absolute atomic E-state index is 0.123. The third-order valence-electron chi connectivity index (χ3n) is 1.96. The van der Waals surface area contributed by atoms with Crippen LogP contribution in [0.2, 0.25) is 0 Å². The SMILES string of the molecule is CC(C)Oc1cc(Sc2nccs2)ccc1N. The standard InChI is InChI=1S/C12H14N2OS2/c1-8(2)15-11-7-9(3-4-10(11)13)17-12-14-5-6-16-12/h3-8H,13H2,1-2H3. The second kappa shape index (κ2) is 5.42. The Hall–Kier alpha value is -1.20. The lowest BCUT2D eigenvalue weighted by molar-refractivity contribution is 0.243. The Morgan fingerprint density at radius 1 is 1.41 bits per heavy atom. The first-order valence-electron chi connectivity index (χ1n) is 5.28. The van der Waals surface area contributed by atoms with Crippen LogP contribution in [0, 0.1) is 0 Å². The normalized spacial score (nSPS) is 10.8. The van der Waals surface area contributed by atoms with Gasteiger partial charge in [0.05, 0.1) is 11.8 Å². The second-order valence-corrected chi connectivity index (χ2v) is 5.98. The molecule has 17 heavy (non-hydrogen) atoms. The summed E-state index contributed by atoms with van der Waals surface area (Å²) in [4.78, 5) is 5.32. The largest absolute Gasteiger partial charge is 0.489 e. The van der Waals surface area contributed by atoms with Crippen molar-refractivity contribution in [3.05, 3.63) is 29.8 Å². The van der Waals surface area contributed by atoms with Gasteiger partial charge in [-0.05, 0) is 32.0 Å². The van der Waals surface area contributed by atoms with Gasteiger partial charge in [-0.2, -0.15) is 0 Å². The van der Waals surface area contributed by atoms with Crippen LogP contribution in [0.15, 0.2) is 39.0 Å². The summed E-state index contributed by atoms with van der Waals surface area (Å²) in [7, 11) is 0. The highest BCUT2D eigenvalue weighted by Gasteiger charge is 2.06. The molecule has 0 bridgehead atoms. The molecule has 1 heterocycles. The molecule has 0 aliphatic carbocycles. The summed E-state index contributed by atoms with van der Waals surface area (Å²) in [5, 5.41) is 1.96. The van der Waals surface area contributed by atoms with Gasteiger partial charge in [0.1, 0.15) is 5.75 Å². The molecule has 0 amide bonds. The van der Waals surface area contributed by atoms with Crippen LogP contribution in [0.3, 0.4) is 0 Å². The molecule has 3 nitrogen and oxygen atoms in total. The van der Waals surface area contributed by atoms with Crippen LogP contribution in [-0.4, -0.2) is 11.1 Å². The number of hydrogen-bond donors (Lipinski definition) is 1. The van der Waals surface area contributed by atoms with E-state index < -0.39 is 0 Å². The Morgan fingerprint density at radius 3 is 2.88 bits per heavy atom. The molecule has 2 rings (SSSR count). The molecule has 2 aromatic rings. The van der Waals surface area contributed by atoms with E-state index in [1.54, 1.807) is 29.3 Å². The smallest absolute Gasteiger partial charge is 0.154 e. The van der Waals surface area contributed by atoms with Gasteiger partial charge in [-0.3, -0.25) is 0 Å². The van der Waals surface area contributed by atoms with E-state index in [0.717, 1.165) is 15.0 Å². The van der Waals surface area contributed by atoms with Gasteiger partial charge >= 0.3 is 0 Å². The van der Waals surface area contributed by atoms with E-state index in [-0.39, 0.29) is 6.10 Å². The van der Waals surface area contributed by atoms with E-state index in [4.69, 9.17) is 10.5 Å². The molecule has 2 N–H and O–H groups in total. The third-order valence-corrected chi connectivity index (χ3v) is 3.84. The Kier molecular flexibility index (Phi) is 3.91. The first-order valence-corrected chi connectivity index (χ1v) is 6.98. The fourth-order valence-electron chi connectivity index (χ4n) is 1.30. The van der Waals surface area contributed by atoms with Crippen molar-refractivity contribution in [3.8, 4) is 5.75 Å². The summed E-state index contributed by atoms with van der Waals surface area (Å²) in [5.41, 5.74) is 6.53. The van der Waals surface area contributed by atoms with Crippen LogP contribution in [0.1, 0.15) is 13.8 Å². The molecule has 0 radical (unpaired) electrons. The monoisotopic (exact) mass is 266 g/mol. The minimum atomic E-state index is 0.123. The zero-order valence-electron chi connectivity index (χ0n) is 9.71. The van der Waals surface area contributed by atoms with Crippen molar-refractivity contribution in [2.45, 2.75) is 29.2 Å². The number of aromatic nitrogens is 1. The van der Waals surface area contributed by atoms with E-state index >= 15 is 0 Å². The summed E-state index contributed by atoms with van der Waals surface area (Å²) < 4.78 is 6.67. The summed E-state index contributed by atoms with van der Waals surface area (Å²) in [6, 6.07) is 5.81. The van der Waals surface area contributed by atoms with Gasteiger partial charge in [0.25, 0.3) is 0 Å². The lowest BCUT2D eigenvalue weighted by Gasteiger charge is -2.12. The number of nitrogens with zero attached hydrogens (tertiary/aromatic N) is 1. The highest BCUT2D eigenvalue weighted by molar-refractivity contribution is 8.01. The molecular formula is C12H14N2OS2. The van der Waals surface area contributed by atoms with Crippen LogP contribution >= 0.6 is 23.1 Å². The first kappa shape index (κ1) is 12.3. The van der Waals surface area contributed by atoms with Crippen LogP contribution < -0.4 is 10.5 Å². The zero-order valence-corrected chi connectivity index (χ0v) is 11.3. The summed E-state index contributed by atoms with van der Waals surface area (Å²) in [6.07, 6.45) is 1.92. The number of anilines is 1. The molecule has 1 aromatic carbocycles. The number of ether oxygens (including phenoxy) is 1. The number of nitrogen functional groups attached to an aromatic ring is 1. The van der Waals surface area contributed by atoms with Gasteiger partial charge in [-0.1, -0.05) is 11.8 Å². The van der Waals surface area contributed by atoms with Crippen molar-refractivity contribution in [2.75, 3.05) is 5.73 Å². The van der Waals surface area contributed by atoms with Gasteiger partial charge in [-0.25, -0.2) is 4.98 Å². The highest BCUT2D eigenvalue weighted by atomic mass is 32.2. The Bertz CT molecular complexity index is 483. The highest BCUT2D eigenvalue weighted by Crippen LogP contribution is 2.34. The second-order valence-electron chi connectivity index (χ2n) is 3.77. The molecule has 0 fully saturated rings. The summed E-state index contributed by atoms with van der Waals surface area (Å²) in [5.74, 6) is 0.738. The van der Waals surface area contributed by atoms with Gasteiger partial charge in [0.15, 0.2) is 4.34 Å². The molecule has 0 spiro atoms. The molecule has 0 unspecified atom stereocenters. The number of thiazole rings is 1. The van der Waals surface area contributed by atoms with Gasteiger partial charge in [0, 0.05) is 16.5 Å². The molecule has 0 aliphatic heterocycles. The maximum Gasteiger partial charge on any atom is 0.154 e. The minimum Gasteiger partial charge on any atom is -0.489 e. The van der Waals surface area contributed by atoms with Gasteiger partial charge in [-0.15, -0.1) is 11.3 Å². The van der Waals surface area contributed by atoms with Crippen molar-refractivity contribution in [1.82, 2.24) is 4.98 Å². The third kappa shape index (κ3) is 3.38. The molecule has 5 heteroatoms. The molecule has 1 aromatic heterocycles. The molecule has 0 aliphatic rings. The molecule has 0 saturated carbocycles. The lowest BCUT2D eigenvalue weighted by atomic mass is 10.3. The van der Waals surface area contributed by atoms with Gasteiger partial charge in [0.2, 0.25) is 0 Å². The summed E-state index contributed by atoms with van der Waals surface area (Å²) >= 11 is 3.24. The van der Waals surface area contributed by atoms with Crippen molar-refractivity contribution < 1.29 is 4.74 Å². The van der Waals surface area contributed by atoms with E-state index in [1.165, 1.54) is 0 Å². The number of nitrogens with two attached hydrogens (primary N) is 1. The number of rotatable bonds is 4. The van der Waals surface area contributed by atoms with Crippen LogP contribution in [0.4, 0.5) is 5.69 Å². The van der Waals surface area contributed by atoms with Crippen LogP contribution in [0.25, 0.3) is 0 Å². The number of hydrogen-bond acceptors (Lipinski definition) is 5.